The summed E-state index contributed by atoms with van der Waals surface area (Å²) in [4.78, 5) is 22.8. The maximum absolute atomic E-state index is 14.8. The number of aliphatic imine (C=N–C) groups is 1. The summed E-state index contributed by atoms with van der Waals surface area (Å²) in [7, 11) is 3.12. The Balaban J connectivity index is 1.60. The fraction of sp³-hybridized carbons (Fsp3) is 0.278. The number of halogens is 1. The SMILES string of the molecule is COc1cccc(CNC(=O)[C@]2(Cc3ccccc3CN=[N+]=[N-])N=C(c3ccc(OCCCO)cc3)O[C@@H]2c2ccc(Br)cc2)c1OC. The molecule has 0 saturated heterocycles. The summed E-state index contributed by atoms with van der Waals surface area (Å²) in [5.41, 5.74) is 11.3. The smallest absolute Gasteiger partial charge is 0.252 e. The van der Waals surface area contributed by atoms with Crippen LogP contribution in [0.4, 0.5) is 0 Å². The number of nitrogens with one attached hydrogen (secondary N) is 1. The summed E-state index contributed by atoms with van der Waals surface area (Å²) in [5, 5.41) is 16.0. The highest BCUT2D eigenvalue weighted by Crippen LogP contribution is 2.43. The van der Waals surface area contributed by atoms with Gasteiger partial charge in [-0.05, 0) is 64.7 Å². The minimum Gasteiger partial charge on any atom is -0.494 e. The fourth-order valence-corrected chi connectivity index (χ4v) is 5.89. The molecule has 1 amide bonds. The first-order chi connectivity index (χ1) is 23.4. The van der Waals surface area contributed by atoms with Crippen molar-refractivity contribution in [2.45, 2.75) is 37.6 Å². The molecule has 0 fully saturated rings. The zero-order chi connectivity index (χ0) is 33.9. The number of carbonyl (C=O) groups is 1. The predicted octanol–water partition coefficient (Wildman–Crippen LogP) is 6.85. The van der Waals surface area contributed by atoms with E-state index in [9.17, 15) is 4.79 Å². The van der Waals surface area contributed by atoms with Crippen LogP contribution in [0.2, 0.25) is 0 Å². The summed E-state index contributed by atoms with van der Waals surface area (Å²) in [6.45, 7) is 0.680. The van der Waals surface area contributed by atoms with E-state index < -0.39 is 11.6 Å². The molecular weight excluding hydrogens is 678 g/mol. The van der Waals surface area contributed by atoms with E-state index in [-0.39, 0.29) is 32.0 Å². The van der Waals surface area contributed by atoms with Gasteiger partial charge >= 0.3 is 0 Å². The first-order valence-electron chi connectivity index (χ1n) is 15.3. The third-order valence-electron chi connectivity index (χ3n) is 8.01. The van der Waals surface area contributed by atoms with Gasteiger partial charge in [0, 0.05) is 46.5 Å². The van der Waals surface area contributed by atoms with Gasteiger partial charge in [-0.25, -0.2) is 4.99 Å². The number of rotatable bonds is 15. The monoisotopic (exact) mass is 713 g/mol. The second-order valence-corrected chi connectivity index (χ2v) is 11.9. The Morgan fingerprint density at radius 1 is 1.00 bits per heavy atom. The lowest BCUT2D eigenvalue weighted by atomic mass is 9.81. The number of aliphatic hydroxyl groups excluding tert-OH is 1. The molecule has 0 saturated carbocycles. The second kappa shape index (κ2) is 16.2. The van der Waals surface area contributed by atoms with Crippen LogP contribution < -0.4 is 19.5 Å². The van der Waals surface area contributed by atoms with Crippen LogP contribution in [-0.4, -0.2) is 49.9 Å². The van der Waals surface area contributed by atoms with E-state index in [2.05, 4.69) is 31.3 Å². The molecule has 4 aromatic rings. The minimum atomic E-state index is -1.47. The third kappa shape index (κ3) is 7.74. The van der Waals surface area contributed by atoms with Crippen LogP contribution in [0.5, 0.6) is 17.2 Å². The van der Waals surface area contributed by atoms with Crippen molar-refractivity contribution in [2.24, 2.45) is 10.1 Å². The summed E-state index contributed by atoms with van der Waals surface area (Å²) >= 11 is 3.52. The van der Waals surface area contributed by atoms with Crippen LogP contribution >= 0.6 is 15.9 Å². The van der Waals surface area contributed by atoms with E-state index in [0.29, 0.717) is 41.7 Å². The van der Waals surface area contributed by atoms with Crippen LogP contribution in [0.25, 0.3) is 10.4 Å². The van der Waals surface area contributed by atoms with Crippen LogP contribution in [0.15, 0.2) is 106 Å². The lowest BCUT2D eigenvalue weighted by molar-refractivity contribution is -0.129. The molecule has 0 aliphatic carbocycles. The zero-order valence-corrected chi connectivity index (χ0v) is 28.2. The second-order valence-electron chi connectivity index (χ2n) is 11.0. The summed E-state index contributed by atoms with van der Waals surface area (Å²) in [6.07, 6.45) is -0.147. The number of carbonyl (C=O) groups excluding carboxylic acids is 1. The highest BCUT2D eigenvalue weighted by molar-refractivity contribution is 9.10. The van der Waals surface area contributed by atoms with Crippen LogP contribution in [0.3, 0.4) is 0 Å². The van der Waals surface area contributed by atoms with Crippen molar-refractivity contribution in [3.63, 3.8) is 0 Å². The van der Waals surface area contributed by atoms with Gasteiger partial charge in [0.15, 0.2) is 23.1 Å². The normalized spacial score (nSPS) is 16.7. The number of aliphatic hydroxyl groups is 1. The van der Waals surface area contributed by atoms with E-state index >= 15 is 0 Å². The molecule has 0 bridgehead atoms. The number of para-hydroxylation sites is 1. The Kier molecular flexibility index (Phi) is 11.6. The largest absolute Gasteiger partial charge is 0.494 e. The molecule has 2 atom stereocenters. The lowest BCUT2D eigenvalue weighted by Crippen LogP contribution is -2.49. The van der Waals surface area contributed by atoms with E-state index in [1.54, 1.807) is 32.4 Å². The number of methoxy groups -OCH3 is 2. The van der Waals surface area contributed by atoms with Gasteiger partial charge in [-0.15, -0.1) is 0 Å². The van der Waals surface area contributed by atoms with Crippen molar-refractivity contribution in [2.75, 3.05) is 27.4 Å². The Morgan fingerprint density at radius 3 is 2.42 bits per heavy atom. The van der Waals surface area contributed by atoms with Crippen molar-refractivity contribution >= 4 is 27.7 Å². The molecule has 1 heterocycles. The van der Waals surface area contributed by atoms with Crippen LogP contribution in [-0.2, 0) is 29.0 Å². The van der Waals surface area contributed by atoms with Gasteiger partial charge in [0.2, 0.25) is 5.90 Å². The molecule has 48 heavy (non-hydrogen) atoms. The Labute approximate surface area is 287 Å². The third-order valence-corrected chi connectivity index (χ3v) is 8.54. The van der Waals surface area contributed by atoms with Crippen molar-refractivity contribution in [3.05, 3.63) is 134 Å². The van der Waals surface area contributed by atoms with E-state index in [1.165, 1.54) is 0 Å². The molecule has 2 N–H and O–H groups in total. The minimum absolute atomic E-state index is 0.0426. The number of benzene rings is 4. The van der Waals surface area contributed by atoms with Crippen molar-refractivity contribution in [3.8, 4) is 17.2 Å². The average molecular weight is 715 g/mol. The van der Waals surface area contributed by atoms with Crippen molar-refractivity contribution in [1.82, 2.24) is 5.32 Å². The number of nitrogens with zero attached hydrogens (tertiary/aromatic N) is 4. The molecule has 1 aliphatic rings. The van der Waals surface area contributed by atoms with Crippen molar-refractivity contribution < 1.29 is 28.8 Å². The van der Waals surface area contributed by atoms with Gasteiger partial charge < -0.3 is 29.4 Å². The maximum atomic E-state index is 14.8. The zero-order valence-electron chi connectivity index (χ0n) is 26.6. The molecule has 0 unspecified atom stereocenters. The molecule has 0 spiro atoms. The molecule has 11 nitrogen and oxygen atoms in total. The molecular formula is C36H36BrN5O6. The Morgan fingerprint density at radius 2 is 1.73 bits per heavy atom. The first kappa shape index (κ1) is 34.3. The van der Waals surface area contributed by atoms with Gasteiger partial charge in [0.25, 0.3) is 5.91 Å². The average Bonchev–Trinajstić information content (AvgIpc) is 3.50. The van der Waals surface area contributed by atoms with Crippen LogP contribution in [0.1, 0.15) is 40.3 Å². The van der Waals surface area contributed by atoms with E-state index in [1.807, 2.05) is 72.8 Å². The number of azide groups is 1. The predicted molar refractivity (Wildman–Crippen MR) is 185 cm³/mol. The summed E-state index contributed by atoms with van der Waals surface area (Å²) in [6, 6.07) is 27.9. The molecule has 0 radical (unpaired) electrons. The highest BCUT2D eigenvalue weighted by atomic mass is 79.9. The molecule has 248 valence electrons. The highest BCUT2D eigenvalue weighted by Gasteiger charge is 2.53. The van der Waals surface area contributed by atoms with Gasteiger partial charge in [0.05, 0.1) is 27.4 Å². The van der Waals surface area contributed by atoms with Crippen LogP contribution in [0, 0.1) is 0 Å². The fourth-order valence-electron chi connectivity index (χ4n) is 5.62. The molecule has 1 aliphatic heterocycles. The lowest BCUT2D eigenvalue weighted by Gasteiger charge is -2.31. The number of hydrogen-bond donors (Lipinski definition) is 2. The summed E-state index contributed by atoms with van der Waals surface area (Å²) < 4.78 is 24.3. The topological polar surface area (TPSA) is 147 Å². The first-order valence-corrected chi connectivity index (χ1v) is 16.1. The molecule has 12 heteroatoms. The summed E-state index contributed by atoms with van der Waals surface area (Å²) in [5.74, 6) is 1.64. The molecule has 4 aromatic carbocycles. The van der Waals surface area contributed by atoms with E-state index in [4.69, 9.17) is 34.6 Å². The molecule has 5 rings (SSSR count). The number of amides is 1. The van der Waals surface area contributed by atoms with Gasteiger partial charge in [-0.2, -0.15) is 0 Å². The quantitative estimate of drug-likeness (QED) is 0.0596. The van der Waals surface area contributed by atoms with E-state index in [0.717, 1.165) is 26.7 Å². The van der Waals surface area contributed by atoms with Gasteiger partial charge in [-0.1, -0.05) is 69.6 Å². The number of hydrogen-bond acceptors (Lipinski definition) is 8. The van der Waals surface area contributed by atoms with Gasteiger partial charge in [-0.3, -0.25) is 4.79 Å². The van der Waals surface area contributed by atoms with Gasteiger partial charge in [0.1, 0.15) is 5.75 Å². The standard InChI is InChI=1S/C36H36BrN5O6/c1-45-31-10-5-9-28(32(31)46-2)22-39-35(44)36(21-26-7-3-4-8-27(26)23-40-42-38)33(24-11-15-29(37)16-12-24)48-34(41-36)25-13-17-30(18-14-25)47-20-6-19-43/h3-5,7-18,33,43H,6,19-23H2,1-2H3,(H,39,44)/t33-,36-/m1/s1. The number of ether oxygens (including phenoxy) is 4. The molecule has 0 aromatic heterocycles. The van der Waals surface area contributed by atoms with Crippen molar-refractivity contribution in [1.29, 1.82) is 0 Å². The Bertz CT molecular complexity index is 1790. The Hall–Kier alpha value is -5.03. The maximum Gasteiger partial charge on any atom is 0.252 e.